The van der Waals surface area contributed by atoms with Crippen LogP contribution in [0.4, 0.5) is 0 Å². The van der Waals surface area contributed by atoms with Crippen LogP contribution < -0.4 is 11.1 Å². The predicted octanol–water partition coefficient (Wildman–Crippen LogP) is 0.522. The molecule has 0 radical (unpaired) electrons. The minimum atomic E-state index is -1.08. The molecule has 1 atom stereocenters. The maximum Gasteiger partial charge on any atom is 0.305 e. The van der Waals surface area contributed by atoms with Gasteiger partial charge in [-0.05, 0) is 12.1 Å². The lowest BCUT2D eigenvalue weighted by molar-refractivity contribution is -0.139. The minimum absolute atomic E-state index is 0.365. The molecule has 4 N–H and O–H groups in total. The number of hydrogen-bond acceptors (Lipinski definition) is 6. The number of aliphatic carboxylic acids is 1. The van der Waals surface area contributed by atoms with Gasteiger partial charge < -0.3 is 16.2 Å². The van der Waals surface area contributed by atoms with Crippen molar-refractivity contribution in [3.63, 3.8) is 0 Å². The van der Waals surface area contributed by atoms with Gasteiger partial charge in [0.05, 0.1) is 18.2 Å². The standard InChI is InChI=1S/C12H17N3O3S2/c13-8(6-11(16)17)12(18)15-4-5-20-7-9-10(19)2-1-3-14-9/h1-3,8,19H,4-7,13H2,(H,15,18)(H,16,17). The molecule has 1 amide bonds. The molecule has 110 valence electrons. The number of carbonyl (C=O) groups is 2. The Kier molecular flexibility index (Phi) is 7.42. The first-order chi connectivity index (χ1) is 9.50. The Labute approximate surface area is 126 Å². The van der Waals surface area contributed by atoms with Gasteiger partial charge in [0.15, 0.2) is 0 Å². The van der Waals surface area contributed by atoms with Crippen molar-refractivity contribution in [2.45, 2.75) is 23.1 Å². The zero-order valence-electron chi connectivity index (χ0n) is 10.8. The number of amides is 1. The molecule has 1 heterocycles. The van der Waals surface area contributed by atoms with Crippen molar-refractivity contribution in [1.29, 1.82) is 0 Å². The van der Waals surface area contributed by atoms with Crippen molar-refractivity contribution >= 4 is 36.3 Å². The van der Waals surface area contributed by atoms with Crippen molar-refractivity contribution in [2.75, 3.05) is 12.3 Å². The second-order valence-corrected chi connectivity index (χ2v) is 5.60. The summed E-state index contributed by atoms with van der Waals surface area (Å²) in [6.07, 6.45) is 1.35. The second kappa shape index (κ2) is 8.83. The number of thiol groups is 1. The first-order valence-electron chi connectivity index (χ1n) is 5.96. The van der Waals surface area contributed by atoms with E-state index < -0.39 is 17.9 Å². The Hall–Kier alpha value is -1.25. The molecule has 1 aromatic rings. The van der Waals surface area contributed by atoms with Gasteiger partial charge in [-0.2, -0.15) is 11.8 Å². The van der Waals surface area contributed by atoms with E-state index in [0.29, 0.717) is 18.1 Å². The topological polar surface area (TPSA) is 105 Å². The van der Waals surface area contributed by atoms with Crippen molar-refractivity contribution < 1.29 is 14.7 Å². The van der Waals surface area contributed by atoms with Crippen molar-refractivity contribution in [3.05, 3.63) is 24.0 Å². The maximum absolute atomic E-state index is 11.4. The molecule has 1 rings (SSSR count). The Morgan fingerprint density at radius 3 is 2.95 bits per heavy atom. The molecule has 0 aliphatic carbocycles. The number of carboxylic acid groups (broad SMARTS) is 1. The van der Waals surface area contributed by atoms with E-state index in [9.17, 15) is 9.59 Å². The zero-order valence-corrected chi connectivity index (χ0v) is 12.5. The monoisotopic (exact) mass is 315 g/mol. The van der Waals surface area contributed by atoms with E-state index in [-0.39, 0.29) is 6.42 Å². The molecule has 0 aromatic carbocycles. The molecule has 20 heavy (non-hydrogen) atoms. The fraction of sp³-hybridized carbons (Fsp3) is 0.417. The van der Waals surface area contributed by atoms with Gasteiger partial charge >= 0.3 is 5.97 Å². The van der Waals surface area contributed by atoms with Gasteiger partial charge in [0.1, 0.15) is 0 Å². The average molecular weight is 315 g/mol. The summed E-state index contributed by atoms with van der Waals surface area (Å²) in [5, 5.41) is 11.1. The lowest BCUT2D eigenvalue weighted by Gasteiger charge is -2.10. The van der Waals surface area contributed by atoms with Crippen molar-refractivity contribution in [1.82, 2.24) is 10.3 Å². The summed E-state index contributed by atoms with van der Waals surface area (Å²) in [6.45, 7) is 0.436. The highest BCUT2D eigenvalue weighted by atomic mass is 32.2. The lowest BCUT2D eigenvalue weighted by Crippen LogP contribution is -2.42. The molecule has 8 heteroatoms. The number of hydrogen-bond donors (Lipinski definition) is 4. The normalized spacial score (nSPS) is 11.9. The van der Waals surface area contributed by atoms with Crippen LogP contribution in [0.3, 0.4) is 0 Å². The molecule has 0 bridgehead atoms. The molecular formula is C12H17N3O3S2. The summed E-state index contributed by atoms with van der Waals surface area (Å²) in [5.74, 6) is -0.134. The third-order valence-corrected chi connectivity index (χ3v) is 3.76. The summed E-state index contributed by atoms with van der Waals surface area (Å²) in [7, 11) is 0. The maximum atomic E-state index is 11.4. The van der Waals surface area contributed by atoms with Gasteiger partial charge in [-0.15, -0.1) is 12.6 Å². The first-order valence-corrected chi connectivity index (χ1v) is 7.56. The molecule has 1 unspecified atom stereocenters. The quantitative estimate of drug-likeness (QED) is 0.412. The number of nitrogens with one attached hydrogen (secondary N) is 1. The van der Waals surface area contributed by atoms with E-state index in [1.807, 2.05) is 12.1 Å². The number of pyridine rings is 1. The van der Waals surface area contributed by atoms with Crippen LogP contribution in [0.15, 0.2) is 23.2 Å². The summed E-state index contributed by atoms with van der Waals surface area (Å²) in [4.78, 5) is 26.9. The van der Waals surface area contributed by atoms with Crippen LogP contribution >= 0.6 is 24.4 Å². The third kappa shape index (κ3) is 6.27. The molecule has 6 nitrogen and oxygen atoms in total. The van der Waals surface area contributed by atoms with Crippen LogP contribution in [0.1, 0.15) is 12.1 Å². The van der Waals surface area contributed by atoms with E-state index in [1.54, 1.807) is 18.0 Å². The van der Waals surface area contributed by atoms with Crippen LogP contribution in [-0.4, -0.2) is 40.3 Å². The summed E-state index contributed by atoms with van der Waals surface area (Å²) in [5.41, 5.74) is 6.32. The Morgan fingerprint density at radius 1 is 1.55 bits per heavy atom. The van der Waals surface area contributed by atoms with Crippen LogP contribution in [-0.2, 0) is 15.3 Å². The summed E-state index contributed by atoms with van der Waals surface area (Å²) in [6, 6.07) is 2.69. The molecular weight excluding hydrogens is 298 g/mol. The number of rotatable bonds is 8. The van der Waals surface area contributed by atoms with Gasteiger partial charge in [-0.3, -0.25) is 14.6 Å². The van der Waals surface area contributed by atoms with E-state index in [0.717, 1.165) is 10.6 Å². The van der Waals surface area contributed by atoms with Crippen LogP contribution in [0.2, 0.25) is 0 Å². The first kappa shape index (κ1) is 16.8. The highest BCUT2D eigenvalue weighted by Crippen LogP contribution is 2.16. The Balaban J connectivity index is 2.18. The van der Waals surface area contributed by atoms with Gasteiger partial charge in [0.2, 0.25) is 5.91 Å². The van der Waals surface area contributed by atoms with E-state index in [2.05, 4.69) is 22.9 Å². The Bertz CT molecular complexity index is 471. The van der Waals surface area contributed by atoms with Gasteiger partial charge in [-0.1, -0.05) is 0 Å². The number of carbonyl (C=O) groups excluding carboxylic acids is 1. The van der Waals surface area contributed by atoms with E-state index >= 15 is 0 Å². The fourth-order valence-corrected chi connectivity index (χ4v) is 2.51. The highest BCUT2D eigenvalue weighted by molar-refractivity contribution is 7.98. The van der Waals surface area contributed by atoms with Crippen LogP contribution in [0.5, 0.6) is 0 Å². The van der Waals surface area contributed by atoms with Gasteiger partial charge in [0.25, 0.3) is 0 Å². The Morgan fingerprint density at radius 2 is 2.30 bits per heavy atom. The average Bonchev–Trinajstić information content (AvgIpc) is 2.39. The summed E-state index contributed by atoms with van der Waals surface area (Å²) < 4.78 is 0. The van der Waals surface area contributed by atoms with Gasteiger partial charge in [-0.25, -0.2) is 0 Å². The molecule has 1 aromatic heterocycles. The number of nitrogens with zero attached hydrogens (tertiary/aromatic N) is 1. The van der Waals surface area contributed by atoms with Crippen LogP contribution in [0.25, 0.3) is 0 Å². The molecule has 0 saturated heterocycles. The SMILES string of the molecule is NC(CC(=O)O)C(=O)NCCSCc1ncccc1S. The molecule has 0 aliphatic rings. The van der Waals surface area contributed by atoms with E-state index in [1.165, 1.54) is 0 Å². The van der Waals surface area contributed by atoms with Crippen molar-refractivity contribution in [2.24, 2.45) is 5.73 Å². The molecule has 0 fully saturated rings. The fourth-order valence-electron chi connectivity index (χ4n) is 1.37. The molecule has 0 aliphatic heterocycles. The predicted molar refractivity (Wildman–Crippen MR) is 80.9 cm³/mol. The van der Waals surface area contributed by atoms with Crippen LogP contribution in [0, 0.1) is 0 Å². The molecule has 0 spiro atoms. The lowest BCUT2D eigenvalue weighted by atomic mass is 10.2. The molecule has 0 saturated carbocycles. The largest absolute Gasteiger partial charge is 0.481 e. The number of nitrogens with two attached hydrogens (primary N) is 1. The minimum Gasteiger partial charge on any atom is -0.481 e. The van der Waals surface area contributed by atoms with Gasteiger partial charge in [0, 0.05) is 29.1 Å². The number of thioether (sulfide) groups is 1. The zero-order chi connectivity index (χ0) is 15.0. The third-order valence-electron chi connectivity index (χ3n) is 2.38. The van der Waals surface area contributed by atoms with Crippen molar-refractivity contribution in [3.8, 4) is 0 Å². The smallest absolute Gasteiger partial charge is 0.305 e. The number of carboxylic acids is 1. The van der Waals surface area contributed by atoms with E-state index in [4.69, 9.17) is 10.8 Å². The number of aromatic nitrogens is 1. The highest BCUT2D eigenvalue weighted by Gasteiger charge is 2.16. The summed E-state index contributed by atoms with van der Waals surface area (Å²) >= 11 is 5.90. The second-order valence-electron chi connectivity index (χ2n) is 4.02.